The fourth-order valence-corrected chi connectivity index (χ4v) is 4.52. The molecule has 0 atom stereocenters. The predicted octanol–water partition coefficient (Wildman–Crippen LogP) is 5.39. The van der Waals surface area contributed by atoms with Crippen molar-refractivity contribution in [3.8, 4) is 0 Å². The number of fused-ring (bicyclic) bond motifs is 2. The molecule has 0 saturated carbocycles. The van der Waals surface area contributed by atoms with Gasteiger partial charge in [0, 0.05) is 11.1 Å². The quantitative estimate of drug-likeness (QED) is 0.355. The Bertz CT molecular complexity index is 1490. The predicted molar refractivity (Wildman–Crippen MR) is 132 cm³/mol. The minimum absolute atomic E-state index is 0.0165. The Morgan fingerprint density at radius 1 is 0.639 bits per heavy atom. The van der Waals surface area contributed by atoms with Crippen LogP contribution >= 0.6 is 0 Å². The van der Waals surface area contributed by atoms with E-state index in [9.17, 15) is 19.2 Å². The molecule has 0 saturated heterocycles. The van der Waals surface area contributed by atoms with Crippen LogP contribution in [-0.4, -0.2) is 23.4 Å². The number of furan rings is 2. The first-order valence-electron chi connectivity index (χ1n) is 11.3. The number of carbonyl (C=O) groups is 4. The molecule has 2 heterocycles. The molecular formula is C28H22N2O6. The Balaban J connectivity index is 1.62. The van der Waals surface area contributed by atoms with E-state index in [1.54, 1.807) is 64.1 Å². The van der Waals surface area contributed by atoms with Gasteiger partial charge >= 0.3 is 0 Å². The highest BCUT2D eigenvalue weighted by Crippen LogP contribution is 2.37. The Morgan fingerprint density at radius 3 is 1.36 bits per heavy atom. The van der Waals surface area contributed by atoms with Crippen molar-refractivity contribution in [3.63, 3.8) is 0 Å². The molecule has 2 aromatic carbocycles. The number of aryl methyl sites for hydroxylation is 4. The summed E-state index contributed by atoms with van der Waals surface area (Å²) in [6.07, 6.45) is 0. The van der Waals surface area contributed by atoms with Gasteiger partial charge in [-0.25, -0.2) is 0 Å². The second kappa shape index (κ2) is 8.49. The van der Waals surface area contributed by atoms with Gasteiger partial charge in [-0.1, -0.05) is 24.3 Å². The van der Waals surface area contributed by atoms with E-state index in [0.717, 1.165) is 0 Å². The molecule has 2 N–H and O–H groups in total. The van der Waals surface area contributed by atoms with Crippen LogP contribution in [0.4, 0.5) is 11.4 Å². The molecule has 8 heteroatoms. The molecule has 0 fully saturated rings. The van der Waals surface area contributed by atoms with Crippen LogP contribution in [0, 0.1) is 27.7 Å². The van der Waals surface area contributed by atoms with E-state index >= 15 is 0 Å². The van der Waals surface area contributed by atoms with E-state index in [1.807, 2.05) is 0 Å². The fourth-order valence-electron chi connectivity index (χ4n) is 4.52. The average Bonchev–Trinajstić information content (AvgIpc) is 3.37. The monoisotopic (exact) mass is 482 g/mol. The Hall–Kier alpha value is -4.72. The van der Waals surface area contributed by atoms with Crippen LogP contribution in [0.1, 0.15) is 75.6 Å². The molecule has 4 aromatic rings. The van der Waals surface area contributed by atoms with E-state index in [4.69, 9.17) is 8.83 Å². The van der Waals surface area contributed by atoms with Crippen LogP contribution in [-0.2, 0) is 0 Å². The van der Waals surface area contributed by atoms with Crippen molar-refractivity contribution in [3.05, 3.63) is 105 Å². The topological polar surface area (TPSA) is 119 Å². The highest BCUT2D eigenvalue weighted by Gasteiger charge is 2.35. The van der Waals surface area contributed by atoms with E-state index in [-0.39, 0.29) is 33.6 Å². The van der Waals surface area contributed by atoms with Gasteiger partial charge in [-0.3, -0.25) is 19.2 Å². The molecule has 0 bridgehead atoms. The first-order valence-corrected chi connectivity index (χ1v) is 11.3. The summed E-state index contributed by atoms with van der Waals surface area (Å²) < 4.78 is 10.9. The summed E-state index contributed by atoms with van der Waals surface area (Å²) >= 11 is 0. The fraction of sp³-hybridized carbons (Fsp3) is 0.143. The summed E-state index contributed by atoms with van der Waals surface area (Å²) in [7, 11) is 0. The number of nitrogens with one attached hydrogen (secondary N) is 2. The summed E-state index contributed by atoms with van der Waals surface area (Å²) in [6.45, 7) is 6.79. The van der Waals surface area contributed by atoms with Crippen molar-refractivity contribution in [1.82, 2.24) is 0 Å². The summed E-state index contributed by atoms with van der Waals surface area (Å²) in [4.78, 5) is 53.2. The average molecular weight is 482 g/mol. The Kier molecular flexibility index (Phi) is 5.44. The first-order chi connectivity index (χ1) is 17.2. The van der Waals surface area contributed by atoms with Crippen LogP contribution in [0.15, 0.2) is 57.4 Å². The number of rotatable bonds is 4. The van der Waals surface area contributed by atoms with Gasteiger partial charge < -0.3 is 19.5 Å². The molecule has 2 amide bonds. The molecule has 5 rings (SSSR count). The third kappa shape index (κ3) is 3.73. The smallest absolute Gasteiger partial charge is 0.259 e. The van der Waals surface area contributed by atoms with E-state index in [0.29, 0.717) is 34.2 Å². The lowest BCUT2D eigenvalue weighted by atomic mass is 9.82. The van der Waals surface area contributed by atoms with Gasteiger partial charge in [0.2, 0.25) is 0 Å². The maximum absolute atomic E-state index is 13.6. The third-order valence-corrected chi connectivity index (χ3v) is 6.14. The van der Waals surface area contributed by atoms with Gasteiger partial charge in [0.1, 0.15) is 23.0 Å². The van der Waals surface area contributed by atoms with E-state index < -0.39 is 23.4 Å². The summed E-state index contributed by atoms with van der Waals surface area (Å²) in [6, 6.07) is 12.7. The largest absolute Gasteiger partial charge is 0.466 e. The third-order valence-electron chi connectivity index (χ3n) is 6.14. The minimum atomic E-state index is -0.480. The number of hydrogen-bond donors (Lipinski definition) is 2. The Morgan fingerprint density at radius 2 is 1.03 bits per heavy atom. The van der Waals surface area contributed by atoms with Gasteiger partial charge in [0.25, 0.3) is 11.8 Å². The molecule has 0 spiro atoms. The zero-order valence-corrected chi connectivity index (χ0v) is 20.1. The number of benzene rings is 2. The second-order valence-corrected chi connectivity index (χ2v) is 8.68. The molecule has 180 valence electrons. The minimum Gasteiger partial charge on any atom is -0.466 e. The van der Waals surface area contributed by atoms with Gasteiger partial charge in [0.05, 0.1) is 33.6 Å². The molecule has 0 aliphatic heterocycles. The van der Waals surface area contributed by atoms with Crippen molar-refractivity contribution in [2.45, 2.75) is 27.7 Å². The maximum Gasteiger partial charge on any atom is 0.259 e. The van der Waals surface area contributed by atoms with E-state index in [2.05, 4.69) is 10.6 Å². The first kappa shape index (κ1) is 23.0. The van der Waals surface area contributed by atoms with Crippen molar-refractivity contribution < 1.29 is 28.0 Å². The van der Waals surface area contributed by atoms with Gasteiger partial charge in [0.15, 0.2) is 11.6 Å². The van der Waals surface area contributed by atoms with Crippen molar-refractivity contribution >= 4 is 34.8 Å². The summed E-state index contributed by atoms with van der Waals surface area (Å²) in [5, 5.41) is 5.49. The van der Waals surface area contributed by atoms with Crippen LogP contribution in [0.5, 0.6) is 0 Å². The summed E-state index contributed by atoms with van der Waals surface area (Å²) in [5.74, 6) is 0.191. The highest BCUT2D eigenvalue weighted by molar-refractivity contribution is 6.33. The van der Waals surface area contributed by atoms with E-state index in [1.165, 1.54) is 12.1 Å². The molecular weight excluding hydrogens is 460 g/mol. The lowest BCUT2D eigenvalue weighted by Gasteiger charge is -2.23. The van der Waals surface area contributed by atoms with Crippen LogP contribution in [0.3, 0.4) is 0 Å². The van der Waals surface area contributed by atoms with Crippen molar-refractivity contribution in [2.75, 3.05) is 10.6 Å². The molecule has 0 unspecified atom stereocenters. The zero-order chi connectivity index (χ0) is 25.7. The molecule has 2 aromatic heterocycles. The number of hydrogen-bond acceptors (Lipinski definition) is 6. The molecule has 1 aliphatic rings. The molecule has 36 heavy (non-hydrogen) atoms. The van der Waals surface area contributed by atoms with Crippen molar-refractivity contribution in [2.24, 2.45) is 0 Å². The highest BCUT2D eigenvalue weighted by atomic mass is 16.3. The van der Waals surface area contributed by atoms with Crippen LogP contribution < -0.4 is 10.6 Å². The normalized spacial score (nSPS) is 12.2. The van der Waals surface area contributed by atoms with Gasteiger partial charge in [-0.15, -0.1) is 0 Å². The van der Waals surface area contributed by atoms with Gasteiger partial charge in [-0.2, -0.15) is 0 Å². The second-order valence-electron chi connectivity index (χ2n) is 8.68. The SMILES string of the molecule is Cc1cc(C(=O)Nc2ccc(NC(=O)c3cc(C)oc3C)c3c2C(=O)c2ccccc2C3=O)c(C)o1. The lowest BCUT2D eigenvalue weighted by molar-refractivity contribution is 0.0977. The Labute approximate surface area is 206 Å². The van der Waals surface area contributed by atoms with Crippen LogP contribution in [0.2, 0.25) is 0 Å². The van der Waals surface area contributed by atoms with Crippen molar-refractivity contribution in [1.29, 1.82) is 0 Å². The standard InChI is InChI=1S/C28H22N2O6/c1-13-11-19(15(3)35-13)27(33)29-21-9-10-22(30-28(34)20-12-14(2)36-16(20)4)24-23(21)25(31)17-7-5-6-8-18(17)26(24)32/h5-12H,1-4H3,(H,29,33)(H,30,34). The maximum atomic E-state index is 13.6. The lowest BCUT2D eigenvalue weighted by Crippen LogP contribution is -2.26. The molecule has 1 aliphatic carbocycles. The number of ketones is 2. The number of amides is 2. The zero-order valence-electron chi connectivity index (χ0n) is 20.1. The number of carbonyl (C=O) groups excluding carboxylic acids is 4. The molecule has 8 nitrogen and oxygen atoms in total. The number of anilines is 2. The van der Waals surface area contributed by atoms with Gasteiger partial charge in [-0.05, 0) is 52.0 Å². The summed E-state index contributed by atoms with van der Waals surface area (Å²) in [5.41, 5.74) is 1.45. The van der Waals surface area contributed by atoms with Crippen LogP contribution in [0.25, 0.3) is 0 Å². The molecule has 0 radical (unpaired) electrons.